The van der Waals surface area contributed by atoms with E-state index in [2.05, 4.69) is 5.32 Å². The predicted octanol–water partition coefficient (Wildman–Crippen LogP) is 4.22. The molecule has 1 fully saturated rings. The molecule has 1 aliphatic rings. The Morgan fingerprint density at radius 3 is 2.40 bits per heavy atom. The highest BCUT2D eigenvalue weighted by Gasteiger charge is 2.42. The monoisotopic (exact) mass is 422 g/mol. The van der Waals surface area contributed by atoms with E-state index in [4.69, 9.17) is 0 Å². The Labute approximate surface area is 171 Å². The van der Waals surface area contributed by atoms with E-state index in [0.29, 0.717) is 5.56 Å². The first-order chi connectivity index (χ1) is 14.1. The maximum absolute atomic E-state index is 14.1. The quantitative estimate of drug-likeness (QED) is 0.750. The summed E-state index contributed by atoms with van der Waals surface area (Å²) in [7, 11) is 0. The minimum absolute atomic E-state index is 0.00731. The van der Waals surface area contributed by atoms with Gasteiger partial charge in [0.25, 0.3) is 5.91 Å². The molecule has 2 aromatic carbocycles. The SMILES string of the molecule is CC(C)NC(=O)[C@H]1CN(C(=O)c2ccccc2F)C[C@@H]1c1cccc(C(F)(F)F)c1. The van der Waals surface area contributed by atoms with Crippen LogP contribution >= 0.6 is 0 Å². The second-order valence-electron chi connectivity index (χ2n) is 7.69. The van der Waals surface area contributed by atoms with Crippen LogP contribution in [0, 0.1) is 11.7 Å². The van der Waals surface area contributed by atoms with Crippen LogP contribution in [0.1, 0.15) is 41.3 Å². The van der Waals surface area contributed by atoms with Gasteiger partial charge in [0.1, 0.15) is 5.82 Å². The van der Waals surface area contributed by atoms with Crippen molar-refractivity contribution in [2.45, 2.75) is 32.0 Å². The zero-order chi connectivity index (χ0) is 22.1. The molecule has 2 atom stereocenters. The smallest absolute Gasteiger partial charge is 0.354 e. The Kier molecular flexibility index (Phi) is 6.14. The van der Waals surface area contributed by atoms with Crippen molar-refractivity contribution in [3.63, 3.8) is 0 Å². The third-order valence-electron chi connectivity index (χ3n) is 5.12. The third kappa shape index (κ3) is 4.63. The lowest BCUT2D eigenvalue weighted by Crippen LogP contribution is -2.39. The van der Waals surface area contributed by atoms with E-state index in [-0.39, 0.29) is 30.6 Å². The third-order valence-corrected chi connectivity index (χ3v) is 5.12. The van der Waals surface area contributed by atoms with Crippen LogP contribution in [0.25, 0.3) is 0 Å². The second kappa shape index (κ2) is 8.45. The average Bonchev–Trinajstić information content (AvgIpc) is 3.12. The highest BCUT2D eigenvalue weighted by Crippen LogP contribution is 2.37. The molecule has 0 unspecified atom stereocenters. The number of nitrogens with one attached hydrogen (secondary N) is 1. The molecule has 3 rings (SSSR count). The number of nitrogens with zero attached hydrogens (tertiary/aromatic N) is 1. The van der Waals surface area contributed by atoms with Gasteiger partial charge in [0.2, 0.25) is 5.91 Å². The Morgan fingerprint density at radius 2 is 1.77 bits per heavy atom. The van der Waals surface area contributed by atoms with E-state index < -0.39 is 35.3 Å². The first-order valence-corrected chi connectivity index (χ1v) is 9.59. The Balaban J connectivity index is 1.94. The van der Waals surface area contributed by atoms with Gasteiger partial charge in [-0.05, 0) is 37.6 Å². The maximum Gasteiger partial charge on any atom is 0.416 e. The van der Waals surface area contributed by atoms with Crippen LogP contribution in [0.4, 0.5) is 17.6 Å². The van der Waals surface area contributed by atoms with Crippen molar-refractivity contribution in [1.29, 1.82) is 0 Å². The molecule has 0 radical (unpaired) electrons. The summed E-state index contributed by atoms with van der Waals surface area (Å²) in [6.07, 6.45) is -4.52. The number of carbonyl (C=O) groups excluding carboxylic acids is 2. The maximum atomic E-state index is 14.1. The molecular formula is C22H22F4N2O2. The molecule has 8 heteroatoms. The number of alkyl halides is 3. The van der Waals surface area contributed by atoms with Gasteiger partial charge in [0, 0.05) is 25.0 Å². The largest absolute Gasteiger partial charge is 0.416 e. The lowest BCUT2D eigenvalue weighted by atomic mass is 9.87. The summed E-state index contributed by atoms with van der Waals surface area (Å²) in [6.45, 7) is 3.56. The Bertz CT molecular complexity index is 943. The highest BCUT2D eigenvalue weighted by molar-refractivity contribution is 5.95. The van der Waals surface area contributed by atoms with Gasteiger partial charge in [-0.2, -0.15) is 13.2 Å². The molecule has 0 aromatic heterocycles. The Morgan fingerprint density at radius 1 is 1.07 bits per heavy atom. The molecule has 0 bridgehead atoms. The number of likely N-dealkylation sites (tertiary alicyclic amines) is 1. The standard InChI is InChI=1S/C22H22F4N2O2/c1-13(2)27-20(29)18-12-28(21(30)16-8-3-4-9-19(16)23)11-17(18)14-6-5-7-15(10-14)22(24,25)26/h3-10,13,17-18H,11-12H2,1-2H3,(H,27,29)/t17-,18+/m1/s1. The van der Waals surface area contributed by atoms with Gasteiger partial charge in [0.15, 0.2) is 0 Å². The number of carbonyl (C=O) groups is 2. The first-order valence-electron chi connectivity index (χ1n) is 9.59. The lowest BCUT2D eigenvalue weighted by Gasteiger charge is -2.20. The molecule has 30 heavy (non-hydrogen) atoms. The zero-order valence-corrected chi connectivity index (χ0v) is 16.5. The fourth-order valence-corrected chi connectivity index (χ4v) is 3.72. The van der Waals surface area contributed by atoms with Crippen LogP contribution in [0.5, 0.6) is 0 Å². The van der Waals surface area contributed by atoms with Crippen molar-refractivity contribution >= 4 is 11.8 Å². The molecule has 160 valence electrons. The lowest BCUT2D eigenvalue weighted by molar-refractivity contribution is -0.137. The fourth-order valence-electron chi connectivity index (χ4n) is 3.72. The molecule has 1 aliphatic heterocycles. The number of amides is 2. The van der Waals surface area contributed by atoms with Crippen molar-refractivity contribution < 1.29 is 27.2 Å². The van der Waals surface area contributed by atoms with Gasteiger partial charge < -0.3 is 10.2 Å². The van der Waals surface area contributed by atoms with Crippen molar-refractivity contribution in [1.82, 2.24) is 10.2 Å². The van der Waals surface area contributed by atoms with Crippen molar-refractivity contribution in [2.75, 3.05) is 13.1 Å². The molecule has 2 aromatic rings. The van der Waals surface area contributed by atoms with Gasteiger partial charge in [-0.1, -0.05) is 30.3 Å². The van der Waals surface area contributed by atoms with Gasteiger partial charge in [-0.15, -0.1) is 0 Å². The summed E-state index contributed by atoms with van der Waals surface area (Å²) < 4.78 is 53.6. The topological polar surface area (TPSA) is 49.4 Å². The summed E-state index contributed by atoms with van der Waals surface area (Å²) in [5.41, 5.74) is -0.635. The van der Waals surface area contributed by atoms with Gasteiger partial charge >= 0.3 is 6.18 Å². The molecule has 0 aliphatic carbocycles. The average molecular weight is 422 g/mol. The molecule has 0 saturated carbocycles. The molecule has 1 N–H and O–H groups in total. The highest BCUT2D eigenvalue weighted by atomic mass is 19.4. The van der Waals surface area contributed by atoms with Crippen molar-refractivity contribution in [3.05, 3.63) is 71.0 Å². The zero-order valence-electron chi connectivity index (χ0n) is 16.5. The number of rotatable bonds is 4. The number of benzene rings is 2. The number of halogens is 4. The number of hydrogen-bond donors (Lipinski definition) is 1. The van der Waals surface area contributed by atoms with Crippen LogP contribution < -0.4 is 5.32 Å². The summed E-state index contributed by atoms with van der Waals surface area (Å²) >= 11 is 0. The molecule has 4 nitrogen and oxygen atoms in total. The van der Waals surface area contributed by atoms with E-state index in [9.17, 15) is 27.2 Å². The van der Waals surface area contributed by atoms with Crippen LogP contribution in [0.15, 0.2) is 48.5 Å². The fraction of sp³-hybridized carbons (Fsp3) is 0.364. The van der Waals surface area contributed by atoms with Crippen molar-refractivity contribution in [2.24, 2.45) is 5.92 Å². The summed E-state index contributed by atoms with van der Waals surface area (Å²) in [4.78, 5) is 26.9. The van der Waals surface area contributed by atoms with Gasteiger partial charge in [-0.25, -0.2) is 4.39 Å². The van der Waals surface area contributed by atoms with E-state index in [1.54, 1.807) is 13.8 Å². The first kappa shape index (κ1) is 21.8. The molecule has 2 amide bonds. The van der Waals surface area contributed by atoms with E-state index >= 15 is 0 Å². The molecular weight excluding hydrogens is 400 g/mol. The van der Waals surface area contributed by atoms with Crippen LogP contribution in [-0.2, 0) is 11.0 Å². The second-order valence-corrected chi connectivity index (χ2v) is 7.69. The van der Waals surface area contributed by atoms with E-state index in [0.717, 1.165) is 18.2 Å². The van der Waals surface area contributed by atoms with E-state index in [1.165, 1.54) is 35.2 Å². The summed E-state index contributed by atoms with van der Waals surface area (Å²) in [6, 6.07) is 10.1. The van der Waals surface area contributed by atoms with Crippen LogP contribution in [0.3, 0.4) is 0 Å². The van der Waals surface area contributed by atoms with Crippen molar-refractivity contribution in [3.8, 4) is 0 Å². The van der Waals surface area contributed by atoms with Crippen LogP contribution in [-0.4, -0.2) is 35.8 Å². The molecule has 0 spiro atoms. The molecule has 1 saturated heterocycles. The number of hydrogen-bond acceptors (Lipinski definition) is 2. The minimum Gasteiger partial charge on any atom is -0.354 e. The van der Waals surface area contributed by atoms with E-state index in [1.807, 2.05) is 0 Å². The Hall–Kier alpha value is -2.90. The minimum atomic E-state index is -4.52. The predicted molar refractivity (Wildman–Crippen MR) is 103 cm³/mol. The summed E-state index contributed by atoms with van der Waals surface area (Å²) in [5, 5.41) is 2.77. The molecule has 1 heterocycles. The summed E-state index contributed by atoms with van der Waals surface area (Å²) in [5.74, 6) is -3.01. The normalized spacial score (nSPS) is 19.2. The van der Waals surface area contributed by atoms with Gasteiger partial charge in [0.05, 0.1) is 17.0 Å². The van der Waals surface area contributed by atoms with Gasteiger partial charge in [-0.3, -0.25) is 9.59 Å². The van der Waals surface area contributed by atoms with Crippen LogP contribution in [0.2, 0.25) is 0 Å².